The third kappa shape index (κ3) is 15.2. The summed E-state index contributed by atoms with van der Waals surface area (Å²) < 4.78 is 0. The molecule has 6 nitrogen and oxygen atoms in total. The first-order valence-electron chi connectivity index (χ1n) is 7.87. The van der Waals surface area contributed by atoms with Gasteiger partial charge in [-0.15, -0.1) is 7.92 Å². The van der Waals surface area contributed by atoms with Crippen LogP contribution in [0.25, 0.3) is 0 Å². The van der Waals surface area contributed by atoms with E-state index in [1.54, 1.807) is 0 Å². The van der Waals surface area contributed by atoms with Gasteiger partial charge in [0.25, 0.3) is 0 Å². The van der Waals surface area contributed by atoms with Crippen LogP contribution in [0.15, 0.2) is 0 Å². The second-order valence-electron chi connectivity index (χ2n) is 5.35. The van der Waals surface area contributed by atoms with Crippen LogP contribution in [-0.2, 0) is 14.4 Å². The summed E-state index contributed by atoms with van der Waals surface area (Å²) in [4.78, 5) is 32.6. The Morgan fingerprint density at radius 3 is 1.14 bits per heavy atom. The van der Waals surface area contributed by atoms with Gasteiger partial charge in [0.2, 0.25) is 17.7 Å². The largest absolute Gasteiger partial charge is 0.356 e. The fourth-order valence-corrected chi connectivity index (χ4v) is 4.52. The Bertz CT molecular complexity index is 299. The fraction of sp³-hybridized carbons (Fsp3) is 0.800. The summed E-state index contributed by atoms with van der Waals surface area (Å²) in [5.74, 6) is 0.0435. The summed E-state index contributed by atoms with van der Waals surface area (Å²) in [5.41, 5.74) is 0. The molecule has 0 atom stereocenters. The van der Waals surface area contributed by atoms with Crippen molar-refractivity contribution in [3.63, 3.8) is 0 Å². The molecule has 128 valence electrons. The maximum Gasteiger partial charge on any atom is 0.216 e. The molecular formula is C15H30N3O3P. The molecule has 0 aromatic carbocycles. The number of hydrogen-bond donors (Lipinski definition) is 3. The zero-order valence-electron chi connectivity index (χ0n) is 14.0. The van der Waals surface area contributed by atoms with Crippen LogP contribution in [0.2, 0.25) is 0 Å². The van der Waals surface area contributed by atoms with Crippen LogP contribution in [0.1, 0.15) is 40.0 Å². The molecule has 0 saturated carbocycles. The number of carbonyl (C=O) groups is 3. The van der Waals surface area contributed by atoms with Crippen LogP contribution in [0.4, 0.5) is 0 Å². The van der Waals surface area contributed by atoms with E-state index in [4.69, 9.17) is 0 Å². The van der Waals surface area contributed by atoms with E-state index in [1.165, 1.54) is 20.8 Å². The van der Waals surface area contributed by atoms with Crippen molar-refractivity contribution >= 4 is 25.6 Å². The maximum absolute atomic E-state index is 10.9. The average molecular weight is 331 g/mol. The highest BCUT2D eigenvalue weighted by Gasteiger charge is 2.08. The lowest BCUT2D eigenvalue weighted by atomic mass is 10.4. The average Bonchev–Trinajstić information content (AvgIpc) is 2.42. The van der Waals surface area contributed by atoms with Crippen molar-refractivity contribution in [1.82, 2.24) is 16.0 Å². The van der Waals surface area contributed by atoms with Crippen LogP contribution >= 0.6 is 7.92 Å². The molecule has 3 amide bonds. The highest BCUT2D eigenvalue weighted by molar-refractivity contribution is 7.57. The monoisotopic (exact) mass is 331 g/mol. The van der Waals surface area contributed by atoms with Gasteiger partial charge >= 0.3 is 0 Å². The normalized spacial score (nSPS) is 10.4. The third-order valence-corrected chi connectivity index (χ3v) is 5.92. The first-order chi connectivity index (χ1) is 10.4. The molecule has 0 fully saturated rings. The Morgan fingerprint density at radius 2 is 0.909 bits per heavy atom. The van der Waals surface area contributed by atoms with Gasteiger partial charge in [0, 0.05) is 40.4 Å². The molecule has 0 heterocycles. The minimum atomic E-state index is -0.107. The van der Waals surface area contributed by atoms with Crippen LogP contribution in [0, 0.1) is 0 Å². The predicted octanol–water partition coefficient (Wildman–Crippen LogP) is 1.05. The van der Waals surface area contributed by atoms with Crippen molar-refractivity contribution in [3.05, 3.63) is 0 Å². The van der Waals surface area contributed by atoms with E-state index in [2.05, 4.69) is 16.0 Å². The number of nitrogens with one attached hydrogen (secondary N) is 3. The lowest BCUT2D eigenvalue weighted by molar-refractivity contribution is -0.119. The van der Waals surface area contributed by atoms with Gasteiger partial charge in [-0.25, -0.2) is 0 Å². The van der Waals surface area contributed by atoms with Gasteiger partial charge in [0.1, 0.15) is 0 Å². The molecule has 0 saturated heterocycles. The molecule has 22 heavy (non-hydrogen) atoms. The molecular weight excluding hydrogens is 301 g/mol. The van der Waals surface area contributed by atoms with Gasteiger partial charge in [-0.1, -0.05) is 0 Å². The van der Waals surface area contributed by atoms with Gasteiger partial charge in [-0.2, -0.15) is 0 Å². The topological polar surface area (TPSA) is 87.3 Å². The molecule has 0 rings (SSSR count). The number of amides is 3. The molecule has 0 unspecified atom stereocenters. The second kappa shape index (κ2) is 13.5. The molecule has 0 spiro atoms. The van der Waals surface area contributed by atoms with Gasteiger partial charge in [0.05, 0.1) is 0 Å². The second-order valence-corrected chi connectivity index (χ2v) is 8.03. The Balaban J connectivity index is 3.93. The predicted molar refractivity (Wildman–Crippen MR) is 91.4 cm³/mol. The third-order valence-electron chi connectivity index (χ3n) is 3.08. The van der Waals surface area contributed by atoms with E-state index < -0.39 is 0 Å². The summed E-state index contributed by atoms with van der Waals surface area (Å²) in [6.45, 7) is 6.78. The lowest BCUT2D eigenvalue weighted by Gasteiger charge is -2.18. The van der Waals surface area contributed by atoms with E-state index in [1.807, 2.05) is 0 Å². The standard InChI is InChI=1S/C15H30N3O3P/c1-13(19)16-7-4-10-22(11-5-8-17-14(2)20)12-6-9-18-15(3)21/h4-12H2,1-3H3,(H,16,19)(H,17,20)(H,18,21). The van der Waals surface area contributed by atoms with Gasteiger partial charge in [-0.3, -0.25) is 14.4 Å². The van der Waals surface area contributed by atoms with E-state index in [0.29, 0.717) is 0 Å². The van der Waals surface area contributed by atoms with Crippen LogP contribution in [0.3, 0.4) is 0 Å². The number of carbonyl (C=O) groups excluding carboxylic acids is 3. The summed E-state index contributed by atoms with van der Waals surface area (Å²) in [6, 6.07) is 0. The Kier molecular flexibility index (Phi) is 12.8. The molecule has 0 aliphatic carbocycles. The smallest absolute Gasteiger partial charge is 0.216 e. The zero-order valence-corrected chi connectivity index (χ0v) is 14.9. The number of rotatable bonds is 12. The van der Waals surface area contributed by atoms with Gasteiger partial charge < -0.3 is 16.0 Å². The van der Waals surface area contributed by atoms with Crippen molar-refractivity contribution < 1.29 is 14.4 Å². The first kappa shape index (κ1) is 20.8. The van der Waals surface area contributed by atoms with Crippen molar-refractivity contribution in [1.29, 1.82) is 0 Å². The molecule has 0 bridgehead atoms. The SMILES string of the molecule is CC(=O)NCCCP(CCCNC(C)=O)CCCNC(C)=O. The Labute approximate surface area is 134 Å². The Morgan fingerprint density at radius 1 is 0.636 bits per heavy atom. The summed E-state index contributed by atoms with van der Waals surface area (Å²) in [7, 11) is -0.107. The van der Waals surface area contributed by atoms with Crippen molar-refractivity contribution in [2.24, 2.45) is 0 Å². The summed E-state index contributed by atoms with van der Waals surface area (Å²) in [6.07, 6.45) is 6.34. The van der Waals surface area contributed by atoms with Gasteiger partial charge in [0.15, 0.2) is 0 Å². The number of hydrogen-bond acceptors (Lipinski definition) is 3. The molecule has 0 aliphatic heterocycles. The summed E-state index contributed by atoms with van der Waals surface area (Å²) >= 11 is 0. The van der Waals surface area contributed by atoms with Crippen molar-refractivity contribution in [3.8, 4) is 0 Å². The van der Waals surface area contributed by atoms with E-state index in [-0.39, 0.29) is 25.6 Å². The minimum absolute atomic E-state index is 0.0145. The van der Waals surface area contributed by atoms with Crippen LogP contribution < -0.4 is 16.0 Å². The minimum Gasteiger partial charge on any atom is -0.356 e. The van der Waals surface area contributed by atoms with Crippen LogP contribution in [0.5, 0.6) is 0 Å². The fourth-order valence-electron chi connectivity index (χ4n) is 2.04. The van der Waals surface area contributed by atoms with E-state index >= 15 is 0 Å². The first-order valence-corrected chi connectivity index (χ1v) is 9.77. The molecule has 0 aromatic heterocycles. The van der Waals surface area contributed by atoms with Gasteiger partial charge in [-0.05, 0) is 37.7 Å². The van der Waals surface area contributed by atoms with Crippen molar-refractivity contribution in [2.75, 3.05) is 38.1 Å². The van der Waals surface area contributed by atoms with E-state index in [0.717, 1.165) is 57.4 Å². The lowest BCUT2D eigenvalue weighted by Crippen LogP contribution is -2.23. The molecule has 0 aliphatic rings. The highest BCUT2D eigenvalue weighted by Crippen LogP contribution is 2.37. The maximum atomic E-state index is 10.9. The molecule has 0 aromatic rings. The van der Waals surface area contributed by atoms with E-state index in [9.17, 15) is 14.4 Å². The molecule has 0 radical (unpaired) electrons. The summed E-state index contributed by atoms with van der Waals surface area (Å²) in [5, 5.41) is 8.47. The molecule has 3 N–H and O–H groups in total. The Hall–Kier alpha value is -1.16. The highest BCUT2D eigenvalue weighted by atomic mass is 31.1. The zero-order chi connectivity index (χ0) is 16.8. The van der Waals surface area contributed by atoms with Crippen LogP contribution in [-0.4, -0.2) is 55.8 Å². The quantitative estimate of drug-likeness (QED) is 0.369. The van der Waals surface area contributed by atoms with Crippen molar-refractivity contribution in [2.45, 2.75) is 40.0 Å². The molecule has 7 heteroatoms.